The fourth-order valence-corrected chi connectivity index (χ4v) is 5.16. The first-order chi connectivity index (χ1) is 14.5. The SMILES string of the molecule is Cc1cc(N2CCCCC2)ccc1C=C1SC(=O)N(CC(=O)N2CCCCC2)C1=O. The normalized spacial score (nSPS) is 21.6. The third-order valence-corrected chi connectivity index (χ3v) is 7.04. The molecule has 7 heteroatoms. The van der Waals surface area contributed by atoms with E-state index in [0.717, 1.165) is 60.1 Å². The van der Waals surface area contributed by atoms with Gasteiger partial charge in [0.15, 0.2) is 0 Å². The number of likely N-dealkylation sites (tertiary alicyclic amines) is 1. The van der Waals surface area contributed by atoms with Crippen LogP contribution in [0.3, 0.4) is 0 Å². The van der Waals surface area contributed by atoms with E-state index in [1.54, 1.807) is 11.0 Å². The Hall–Kier alpha value is -2.28. The third-order valence-electron chi connectivity index (χ3n) is 6.14. The Morgan fingerprint density at radius 2 is 1.67 bits per heavy atom. The summed E-state index contributed by atoms with van der Waals surface area (Å²) < 4.78 is 0. The predicted octanol–water partition coefficient (Wildman–Crippen LogP) is 4.03. The van der Waals surface area contributed by atoms with Gasteiger partial charge in [0.2, 0.25) is 5.91 Å². The summed E-state index contributed by atoms with van der Waals surface area (Å²) >= 11 is 0.924. The number of benzene rings is 1. The van der Waals surface area contributed by atoms with E-state index in [4.69, 9.17) is 0 Å². The molecule has 0 atom stereocenters. The molecule has 0 aromatic heterocycles. The van der Waals surface area contributed by atoms with Crippen LogP contribution < -0.4 is 4.90 Å². The topological polar surface area (TPSA) is 60.9 Å². The van der Waals surface area contributed by atoms with Crippen LogP contribution >= 0.6 is 11.8 Å². The van der Waals surface area contributed by atoms with E-state index in [1.165, 1.54) is 24.9 Å². The van der Waals surface area contributed by atoms with Gasteiger partial charge in [-0.2, -0.15) is 0 Å². The molecule has 160 valence electrons. The number of aryl methyl sites for hydroxylation is 1. The fraction of sp³-hybridized carbons (Fsp3) is 0.522. The molecular weight excluding hydrogens is 398 g/mol. The van der Waals surface area contributed by atoms with E-state index in [2.05, 4.69) is 17.0 Å². The number of anilines is 1. The number of hydrogen-bond donors (Lipinski definition) is 0. The number of amides is 3. The van der Waals surface area contributed by atoms with E-state index in [-0.39, 0.29) is 23.6 Å². The van der Waals surface area contributed by atoms with Crippen molar-refractivity contribution in [3.8, 4) is 0 Å². The van der Waals surface area contributed by atoms with Gasteiger partial charge >= 0.3 is 0 Å². The Morgan fingerprint density at radius 1 is 1.00 bits per heavy atom. The van der Waals surface area contributed by atoms with Gasteiger partial charge in [0, 0.05) is 31.9 Å². The molecule has 0 N–H and O–H groups in total. The summed E-state index contributed by atoms with van der Waals surface area (Å²) in [6.07, 6.45) is 8.63. The van der Waals surface area contributed by atoms with E-state index in [9.17, 15) is 14.4 Å². The standard InChI is InChI=1S/C23H29N3O3S/c1-17-14-19(24-10-4-2-5-11-24)9-8-18(17)15-20-22(28)26(23(29)30-20)16-21(27)25-12-6-3-7-13-25/h8-9,14-15H,2-7,10-13,16H2,1H3. The largest absolute Gasteiger partial charge is 0.372 e. The van der Waals surface area contributed by atoms with Gasteiger partial charge in [-0.15, -0.1) is 0 Å². The van der Waals surface area contributed by atoms with E-state index in [0.29, 0.717) is 18.0 Å². The maximum atomic E-state index is 12.8. The molecule has 0 spiro atoms. The molecule has 3 aliphatic rings. The van der Waals surface area contributed by atoms with Crippen molar-refractivity contribution >= 4 is 40.6 Å². The number of rotatable bonds is 4. The van der Waals surface area contributed by atoms with Crippen LogP contribution in [0.25, 0.3) is 6.08 Å². The summed E-state index contributed by atoms with van der Waals surface area (Å²) in [5.74, 6) is -0.504. The minimum absolute atomic E-state index is 0.139. The summed E-state index contributed by atoms with van der Waals surface area (Å²) in [5.41, 5.74) is 3.22. The molecule has 3 saturated heterocycles. The van der Waals surface area contributed by atoms with Crippen molar-refractivity contribution < 1.29 is 14.4 Å². The molecular formula is C23H29N3O3S. The van der Waals surface area contributed by atoms with Crippen molar-refractivity contribution in [3.63, 3.8) is 0 Å². The molecule has 0 unspecified atom stereocenters. The van der Waals surface area contributed by atoms with Gasteiger partial charge in [0.25, 0.3) is 11.1 Å². The van der Waals surface area contributed by atoms with Gasteiger partial charge in [0.1, 0.15) is 6.54 Å². The number of imide groups is 1. The van der Waals surface area contributed by atoms with Gasteiger partial charge in [-0.3, -0.25) is 19.3 Å². The highest BCUT2D eigenvalue weighted by Gasteiger charge is 2.37. The third kappa shape index (κ3) is 4.56. The lowest BCUT2D eigenvalue weighted by Gasteiger charge is -2.29. The summed E-state index contributed by atoms with van der Waals surface area (Å²) in [6, 6.07) is 6.27. The number of thioether (sulfide) groups is 1. The lowest BCUT2D eigenvalue weighted by molar-refractivity contribution is -0.136. The Morgan fingerprint density at radius 3 is 2.33 bits per heavy atom. The minimum Gasteiger partial charge on any atom is -0.372 e. The van der Waals surface area contributed by atoms with Gasteiger partial charge < -0.3 is 9.80 Å². The van der Waals surface area contributed by atoms with Gasteiger partial charge in [0.05, 0.1) is 4.91 Å². The van der Waals surface area contributed by atoms with Crippen LogP contribution in [0.2, 0.25) is 0 Å². The van der Waals surface area contributed by atoms with Crippen LogP contribution in [-0.2, 0) is 9.59 Å². The fourth-order valence-electron chi connectivity index (χ4n) is 4.33. The van der Waals surface area contributed by atoms with Crippen LogP contribution in [0.1, 0.15) is 49.7 Å². The summed E-state index contributed by atoms with van der Waals surface area (Å²) in [7, 11) is 0. The highest BCUT2D eigenvalue weighted by Crippen LogP contribution is 2.33. The van der Waals surface area contributed by atoms with E-state index >= 15 is 0 Å². The first kappa shape index (κ1) is 21.0. The number of nitrogens with zero attached hydrogens (tertiary/aromatic N) is 3. The van der Waals surface area contributed by atoms with E-state index in [1.807, 2.05) is 13.0 Å². The zero-order chi connectivity index (χ0) is 21.1. The second-order valence-electron chi connectivity index (χ2n) is 8.30. The van der Waals surface area contributed by atoms with Crippen molar-refractivity contribution in [2.24, 2.45) is 0 Å². The molecule has 6 nitrogen and oxygen atoms in total. The average Bonchev–Trinajstić information content (AvgIpc) is 3.03. The summed E-state index contributed by atoms with van der Waals surface area (Å²) in [5, 5.41) is -0.362. The maximum Gasteiger partial charge on any atom is 0.294 e. The molecule has 3 aliphatic heterocycles. The molecule has 3 fully saturated rings. The lowest BCUT2D eigenvalue weighted by atomic mass is 10.0. The summed E-state index contributed by atoms with van der Waals surface area (Å²) in [4.78, 5) is 43.3. The lowest BCUT2D eigenvalue weighted by Crippen LogP contribution is -2.44. The molecule has 4 rings (SSSR count). The predicted molar refractivity (Wildman–Crippen MR) is 120 cm³/mol. The molecule has 0 radical (unpaired) electrons. The Bertz CT molecular complexity index is 870. The molecule has 0 saturated carbocycles. The number of hydrogen-bond acceptors (Lipinski definition) is 5. The van der Waals surface area contributed by atoms with Crippen molar-refractivity contribution in [1.29, 1.82) is 0 Å². The number of carbonyl (C=O) groups is 3. The highest BCUT2D eigenvalue weighted by atomic mass is 32.2. The van der Waals surface area contributed by atoms with Crippen molar-refractivity contribution in [2.45, 2.75) is 45.4 Å². The zero-order valence-electron chi connectivity index (χ0n) is 17.6. The smallest absolute Gasteiger partial charge is 0.294 e. The maximum absolute atomic E-state index is 12.8. The van der Waals surface area contributed by atoms with Crippen molar-refractivity contribution in [1.82, 2.24) is 9.80 Å². The second-order valence-corrected chi connectivity index (χ2v) is 9.29. The van der Waals surface area contributed by atoms with Crippen LogP contribution in [0.15, 0.2) is 23.1 Å². The molecule has 30 heavy (non-hydrogen) atoms. The highest BCUT2D eigenvalue weighted by molar-refractivity contribution is 8.18. The van der Waals surface area contributed by atoms with Gasteiger partial charge in [-0.05, 0) is 86.5 Å². The van der Waals surface area contributed by atoms with Gasteiger partial charge in [-0.25, -0.2) is 0 Å². The Labute approximate surface area is 182 Å². The number of carbonyl (C=O) groups excluding carboxylic acids is 3. The summed E-state index contributed by atoms with van der Waals surface area (Å²) in [6.45, 7) is 5.48. The first-order valence-electron chi connectivity index (χ1n) is 10.9. The van der Waals surface area contributed by atoms with Crippen LogP contribution in [0, 0.1) is 6.92 Å². The Balaban J connectivity index is 1.45. The Kier molecular flexibility index (Phi) is 6.46. The molecule has 0 aliphatic carbocycles. The minimum atomic E-state index is -0.366. The van der Waals surface area contributed by atoms with Crippen LogP contribution in [0.4, 0.5) is 10.5 Å². The number of piperidine rings is 2. The quantitative estimate of drug-likeness (QED) is 0.679. The van der Waals surface area contributed by atoms with Gasteiger partial charge in [-0.1, -0.05) is 6.07 Å². The molecule has 3 heterocycles. The second kappa shape index (κ2) is 9.25. The average molecular weight is 428 g/mol. The van der Waals surface area contributed by atoms with Crippen molar-refractivity contribution in [2.75, 3.05) is 37.6 Å². The molecule has 3 amide bonds. The van der Waals surface area contributed by atoms with Crippen LogP contribution in [-0.4, -0.2) is 59.6 Å². The molecule has 0 bridgehead atoms. The zero-order valence-corrected chi connectivity index (χ0v) is 18.4. The molecule has 1 aromatic rings. The van der Waals surface area contributed by atoms with E-state index < -0.39 is 0 Å². The first-order valence-corrected chi connectivity index (χ1v) is 11.7. The monoisotopic (exact) mass is 427 g/mol. The van der Waals surface area contributed by atoms with Crippen LogP contribution in [0.5, 0.6) is 0 Å². The molecule has 1 aromatic carbocycles. The van der Waals surface area contributed by atoms with Crippen molar-refractivity contribution in [3.05, 3.63) is 34.2 Å².